The number of aliphatic hydroxyl groups is 1. The zero-order valence-corrected chi connectivity index (χ0v) is 47.9. The zero-order chi connectivity index (χ0) is 53.9. The molecule has 5 aliphatic heterocycles. The lowest BCUT2D eigenvalue weighted by molar-refractivity contribution is -0.144. The average Bonchev–Trinajstić information content (AvgIpc) is 4.29. The average molecular weight is 1100 g/mol. The van der Waals surface area contributed by atoms with E-state index in [4.69, 9.17) is 16.3 Å². The molecule has 19 nitrogen and oxygen atoms in total. The number of β-amino-alcohol motifs (C(OH)–C–C–N with tert-alkyl or cyclic N) is 1. The van der Waals surface area contributed by atoms with Crippen LogP contribution in [-0.4, -0.2) is 168 Å². The highest BCUT2D eigenvalue weighted by Gasteiger charge is 2.51. The Balaban J connectivity index is 0.670. The zero-order valence-electron chi connectivity index (χ0n) is 46.3. The summed E-state index contributed by atoms with van der Waals surface area (Å²) in [5, 5.41) is 39.4. The van der Waals surface area contributed by atoms with Gasteiger partial charge < -0.3 is 41.3 Å². The number of aliphatic hydroxyl groups excluding tert-OH is 1. The second kappa shape index (κ2) is 28.1. The lowest BCUT2D eigenvalue weighted by Crippen LogP contribution is -2.67. The molecular weight excluding hydrogens is 1010 g/mol. The number of rotatable bonds is 25. The number of likely N-dealkylation sites (tertiary alicyclic amines) is 1. The van der Waals surface area contributed by atoms with Crippen molar-refractivity contribution >= 4 is 47.0 Å². The first-order chi connectivity index (χ1) is 36.6. The monoisotopic (exact) mass is 1100 g/mol. The third kappa shape index (κ3) is 15.8. The molecule has 0 bridgehead atoms. The standard InChI is InChI=1S/C55H94ClN13O6S/c1-7-37(8-2)43-26-45(69-52(62-43)48(56)49(65-69)38-12-9-10-13-38)61-40-20-17-36(24-40)27-57-29-46(71)58-21-11-14-41-30-67(66-64-41)22-23-75-32-47(72)63-51(55(4,5)6)54(74)68-31-42(70)25-44(68)53(73)59-28-35-15-18-39(19-16-35)50-34(3)60-33-76-50/h15-16,18-19,34,36-38,40-45,48-52,57,60-62,64-66,70H,7-14,17,20-33H2,1-6H3,(H,58,71)(H,59,73)(H,63,72)/t34?,36?,40-,41?,42+,43?,44-,45?,48?,49?,50?,51+,52?/m0/s1. The van der Waals surface area contributed by atoms with Gasteiger partial charge in [0.2, 0.25) is 23.6 Å². The molecule has 5 saturated heterocycles. The summed E-state index contributed by atoms with van der Waals surface area (Å²) in [4.78, 5) is 55.0. The second-order valence-electron chi connectivity index (χ2n) is 24.2. The summed E-state index contributed by atoms with van der Waals surface area (Å²) >= 11 is 9.15. The van der Waals surface area contributed by atoms with Crippen LogP contribution in [0.25, 0.3) is 0 Å². The molecule has 7 fully saturated rings. The maximum Gasteiger partial charge on any atom is 0.246 e. The number of amides is 4. The molecule has 4 amide bonds. The lowest BCUT2D eigenvalue weighted by Gasteiger charge is -2.46. The Hall–Kier alpha value is -2.70. The molecule has 0 aromatic heterocycles. The Morgan fingerprint density at radius 3 is 2.47 bits per heavy atom. The van der Waals surface area contributed by atoms with Crippen LogP contribution in [0.3, 0.4) is 0 Å². The Bertz CT molecular complexity index is 2030. The third-order valence-corrected chi connectivity index (χ3v) is 19.4. The fourth-order valence-electron chi connectivity index (χ4n) is 13.1. The largest absolute Gasteiger partial charge is 0.391 e. The number of benzene rings is 1. The van der Waals surface area contributed by atoms with Gasteiger partial charge in [0.05, 0.1) is 37.0 Å². The Kier molecular flexibility index (Phi) is 22.0. The number of halogens is 1. The number of nitrogens with zero attached hydrogens (tertiary/aromatic N) is 3. The van der Waals surface area contributed by atoms with Gasteiger partial charge in [-0.25, -0.2) is 20.9 Å². The normalized spacial score (nSPS) is 31.8. The van der Waals surface area contributed by atoms with Crippen molar-refractivity contribution in [2.24, 2.45) is 23.2 Å². The molecule has 0 spiro atoms. The van der Waals surface area contributed by atoms with E-state index in [-0.39, 0.29) is 61.7 Å². The molecule has 7 aliphatic rings. The number of fused-ring (bicyclic) bond motifs is 1. The highest BCUT2D eigenvalue weighted by molar-refractivity contribution is 7.99. The first-order valence-corrected chi connectivity index (χ1v) is 30.6. The first-order valence-electron chi connectivity index (χ1n) is 29.1. The van der Waals surface area contributed by atoms with Crippen LogP contribution in [0.1, 0.15) is 141 Å². The van der Waals surface area contributed by atoms with Crippen LogP contribution in [-0.2, 0) is 30.5 Å². The smallest absolute Gasteiger partial charge is 0.246 e. The van der Waals surface area contributed by atoms with Crippen LogP contribution in [0, 0.1) is 23.2 Å². The van der Waals surface area contributed by atoms with Gasteiger partial charge in [-0.15, -0.1) is 23.4 Å². The number of hydrazine groups is 3. The lowest BCUT2D eigenvalue weighted by atomic mass is 9.85. The number of alkyl halides is 1. The number of hydrogen-bond acceptors (Lipinski definition) is 16. The SMILES string of the molecule is CCC(CC)C1CC(N[C@H]2CCC(CNCC(=O)NCCCC3CN(CCOCC(=O)N[C@H](C(=O)N4C[C@H](O)C[C@H]4C(=O)NCc4ccc(C5SCNC5C)cc4)C(C)(C)C)NN3)C2)N2NC(C3CCCC3)C(Cl)C2N1. The van der Waals surface area contributed by atoms with E-state index in [0.29, 0.717) is 73.4 Å². The molecule has 5 heterocycles. The molecule has 2 saturated carbocycles. The Morgan fingerprint density at radius 2 is 1.75 bits per heavy atom. The van der Waals surface area contributed by atoms with Gasteiger partial charge in [0.15, 0.2) is 0 Å². The van der Waals surface area contributed by atoms with Gasteiger partial charge in [-0.05, 0) is 99.1 Å². The quantitative estimate of drug-likeness (QED) is 0.0500. The first kappa shape index (κ1) is 59.4. The van der Waals surface area contributed by atoms with Crippen LogP contribution in [0.5, 0.6) is 0 Å². The summed E-state index contributed by atoms with van der Waals surface area (Å²) in [5.41, 5.74) is 11.9. The van der Waals surface area contributed by atoms with Gasteiger partial charge in [-0.3, -0.25) is 29.8 Å². The molecule has 13 atom stereocenters. The van der Waals surface area contributed by atoms with Gasteiger partial charge in [0.1, 0.15) is 18.7 Å². The van der Waals surface area contributed by atoms with Gasteiger partial charge in [-0.1, -0.05) is 84.6 Å². The van der Waals surface area contributed by atoms with Crippen molar-refractivity contribution in [2.75, 3.05) is 58.4 Å². The molecule has 1 aromatic carbocycles. The van der Waals surface area contributed by atoms with Crippen molar-refractivity contribution < 1.29 is 29.0 Å². The van der Waals surface area contributed by atoms with Crippen molar-refractivity contribution in [1.82, 2.24) is 68.5 Å². The molecule has 2 aliphatic carbocycles. The fraction of sp³-hybridized carbons (Fsp3) is 0.818. The number of carbonyl (C=O) groups excluding carboxylic acids is 4. The summed E-state index contributed by atoms with van der Waals surface area (Å²) in [7, 11) is 0. The van der Waals surface area contributed by atoms with Crippen molar-refractivity contribution in [3.05, 3.63) is 35.4 Å². The minimum absolute atomic E-state index is 0.00711. The van der Waals surface area contributed by atoms with Crippen LogP contribution >= 0.6 is 23.4 Å². The van der Waals surface area contributed by atoms with Gasteiger partial charge in [0, 0.05) is 80.5 Å². The second-order valence-corrected chi connectivity index (χ2v) is 25.8. The molecule has 9 unspecified atom stereocenters. The van der Waals surface area contributed by atoms with Crippen LogP contribution in [0.15, 0.2) is 24.3 Å². The minimum atomic E-state index is -0.940. The predicted molar refractivity (Wildman–Crippen MR) is 299 cm³/mol. The maximum absolute atomic E-state index is 14.1. The summed E-state index contributed by atoms with van der Waals surface area (Å²) in [5.74, 6) is 1.59. The number of thioether (sulfide) groups is 1. The van der Waals surface area contributed by atoms with Crippen LogP contribution in [0.2, 0.25) is 0 Å². The summed E-state index contributed by atoms with van der Waals surface area (Å²) in [6.07, 6.45) is 13.3. The highest BCUT2D eigenvalue weighted by atomic mass is 35.5. The molecule has 21 heteroatoms. The Labute approximate surface area is 462 Å². The summed E-state index contributed by atoms with van der Waals surface area (Å²) < 4.78 is 5.76. The van der Waals surface area contributed by atoms with Crippen molar-refractivity contribution in [3.8, 4) is 0 Å². The van der Waals surface area contributed by atoms with Crippen molar-refractivity contribution in [1.29, 1.82) is 0 Å². The molecule has 8 rings (SSSR count). The number of nitrogens with one attached hydrogen (secondary N) is 10. The van der Waals surface area contributed by atoms with E-state index in [9.17, 15) is 24.3 Å². The van der Waals surface area contributed by atoms with Gasteiger partial charge in [0.25, 0.3) is 0 Å². The van der Waals surface area contributed by atoms with E-state index in [0.717, 1.165) is 63.1 Å². The molecule has 76 heavy (non-hydrogen) atoms. The number of ether oxygens (including phenoxy) is 1. The molecule has 0 radical (unpaired) electrons. The minimum Gasteiger partial charge on any atom is -0.391 e. The molecule has 11 N–H and O–H groups in total. The van der Waals surface area contributed by atoms with Gasteiger partial charge in [-0.2, -0.15) is 5.53 Å². The van der Waals surface area contributed by atoms with E-state index in [1.54, 1.807) is 0 Å². The van der Waals surface area contributed by atoms with E-state index in [2.05, 4.69) is 91.5 Å². The van der Waals surface area contributed by atoms with E-state index >= 15 is 0 Å². The van der Waals surface area contributed by atoms with E-state index < -0.39 is 35.4 Å². The van der Waals surface area contributed by atoms with Crippen LogP contribution in [0.4, 0.5) is 0 Å². The van der Waals surface area contributed by atoms with E-state index in [1.165, 1.54) is 49.0 Å². The van der Waals surface area contributed by atoms with E-state index in [1.807, 2.05) is 49.7 Å². The Morgan fingerprint density at radius 1 is 0.974 bits per heavy atom. The maximum atomic E-state index is 14.1. The highest BCUT2D eigenvalue weighted by Crippen LogP contribution is 2.39. The summed E-state index contributed by atoms with van der Waals surface area (Å²) in [6.45, 7) is 15.8. The molecular formula is C55H94ClN13O6S. The van der Waals surface area contributed by atoms with Crippen molar-refractivity contribution in [2.45, 2.75) is 203 Å². The van der Waals surface area contributed by atoms with Crippen molar-refractivity contribution in [3.63, 3.8) is 0 Å². The topological polar surface area (TPSA) is 228 Å². The number of carbonyl (C=O) groups is 4. The number of hydrogen-bond donors (Lipinski definition) is 11. The summed E-state index contributed by atoms with van der Waals surface area (Å²) in [6, 6.07) is 8.24. The molecule has 1 aromatic rings. The predicted octanol–water partition coefficient (Wildman–Crippen LogP) is 2.91. The fourth-order valence-corrected chi connectivity index (χ4v) is 14.8. The third-order valence-electron chi connectivity index (χ3n) is 17.5. The van der Waals surface area contributed by atoms with Crippen LogP contribution < -0.4 is 53.6 Å². The molecule has 428 valence electrons. The van der Waals surface area contributed by atoms with Gasteiger partial charge >= 0.3 is 0 Å².